The van der Waals surface area contributed by atoms with Crippen molar-refractivity contribution in [2.24, 2.45) is 5.92 Å². The zero-order chi connectivity index (χ0) is 23.0. The Labute approximate surface area is 199 Å². The first-order valence-electron chi connectivity index (χ1n) is 10.9. The van der Waals surface area contributed by atoms with Crippen molar-refractivity contribution in [1.82, 2.24) is 19.3 Å². The van der Waals surface area contributed by atoms with Crippen LogP contribution in [-0.4, -0.2) is 59.8 Å². The van der Waals surface area contributed by atoms with Crippen LogP contribution in [0.5, 0.6) is 0 Å². The fourth-order valence-corrected chi connectivity index (χ4v) is 6.11. The summed E-state index contributed by atoms with van der Waals surface area (Å²) < 4.78 is 38.9. The number of carbonyl (C=O) groups is 1. The molecule has 0 aliphatic carbocycles. The van der Waals surface area contributed by atoms with Crippen molar-refractivity contribution in [3.05, 3.63) is 41.1 Å². The lowest BCUT2D eigenvalue weighted by molar-refractivity contribution is -0.135. The van der Waals surface area contributed by atoms with E-state index in [4.69, 9.17) is 8.94 Å². The monoisotopic (exact) mass is 534 g/mol. The Balaban J connectivity index is 1.25. The fourth-order valence-electron chi connectivity index (χ4n) is 4.33. The SMILES string of the molecule is O=C(C1CCN(S(=O)(=O)c2ccc(-c3noc(-c4ccc(Br)o4)n3)cc2)CC1)N1CCCC1. The molecule has 1 amide bonds. The Morgan fingerprint density at radius 3 is 2.33 bits per heavy atom. The first-order valence-corrected chi connectivity index (χ1v) is 13.1. The first-order chi connectivity index (χ1) is 15.9. The molecule has 2 aromatic heterocycles. The summed E-state index contributed by atoms with van der Waals surface area (Å²) in [6, 6.07) is 9.84. The van der Waals surface area contributed by atoms with Crippen LogP contribution in [0.25, 0.3) is 23.0 Å². The van der Waals surface area contributed by atoms with Crippen LogP contribution >= 0.6 is 15.9 Å². The van der Waals surface area contributed by atoms with E-state index in [0.717, 1.165) is 25.9 Å². The smallest absolute Gasteiger partial charge is 0.293 e. The number of hydrogen-bond donors (Lipinski definition) is 0. The summed E-state index contributed by atoms with van der Waals surface area (Å²) in [7, 11) is -3.64. The highest BCUT2D eigenvalue weighted by atomic mass is 79.9. The minimum Gasteiger partial charge on any atom is -0.444 e. The van der Waals surface area contributed by atoms with E-state index in [2.05, 4.69) is 26.1 Å². The highest BCUT2D eigenvalue weighted by molar-refractivity contribution is 9.10. The van der Waals surface area contributed by atoms with Gasteiger partial charge in [0.25, 0.3) is 5.89 Å². The van der Waals surface area contributed by atoms with Crippen LogP contribution in [0.15, 0.2) is 54.9 Å². The molecular weight excluding hydrogens is 512 g/mol. The number of aromatic nitrogens is 2. The Kier molecular flexibility index (Phi) is 6.11. The van der Waals surface area contributed by atoms with Crippen molar-refractivity contribution in [1.29, 1.82) is 0 Å². The first kappa shape index (κ1) is 22.3. The van der Waals surface area contributed by atoms with Gasteiger partial charge >= 0.3 is 0 Å². The number of halogens is 1. The number of carbonyl (C=O) groups excluding carboxylic acids is 1. The van der Waals surface area contributed by atoms with Gasteiger partial charge in [0.2, 0.25) is 21.8 Å². The second kappa shape index (κ2) is 9.03. The van der Waals surface area contributed by atoms with Gasteiger partial charge < -0.3 is 13.8 Å². The maximum atomic E-state index is 13.1. The number of sulfonamides is 1. The highest BCUT2D eigenvalue weighted by Crippen LogP contribution is 2.29. The normalized spacial score (nSPS) is 18.2. The van der Waals surface area contributed by atoms with Crippen LogP contribution in [0.2, 0.25) is 0 Å². The Morgan fingerprint density at radius 2 is 1.70 bits per heavy atom. The van der Waals surface area contributed by atoms with Crippen molar-refractivity contribution in [3.8, 4) is 23.0 Å². The van der Waals surface area contributed by atoms with Crippen molar-refractivity contribution >= 4 is 31.9 Å². The molecule has 0 N–H and O–H groups in total. The number of nitrogens with zero attached hydrogens (tertiary/aromatic N) is 4. The standard InChI is InChI=1S/C22H23BrN4O5S/c23-19-8-7-18(31-19)21-24-20(25-32-21)15-3-5-17(6-4-15)33(29,30)27-13-9-16(10-14-27)22(28)26-11-1-2-12-26/h3-8,16H,1-2,9-14H2. The van der Waals surface area contributed by atoms with Gasteiger partial charge in [-0.1, -0.05) is 5.16 Å². The maximum Gasteiger partial charge on any atom is 0.293 e. The molecule has 2 fully saturated rings. The van der Waals surface area contributed by atoms with Crippen molar-refractivity contribution in [2.45, 2.75) is 30.6 Å². The van der Waals surface area contributed by atoms with Gasteiger partial charge in [0.15, 0.2) is 10.4 Å². The molecule has 0 spiro atoms. The van der Waals surface area contributed by atoms with Crippen molar-refractivity contribution in [3.63, 3.8) is 0 Å². The Bertz CT molecular complexity index is 1240. The third-order valence-electron chi connectivity index (χ3n) is 6.18. The predicted molar refractivity (Wildman–Crippen MR) is 122 cm³/mol. The summed E-state index contributed by atoms with van der Waals surface area (Å²) in [5.41, 5.74) is 0.629. The van der Waals surface area contributed by atoms with E-state index in [-0.39, 0.29) is 22.6 Å². The van der Waals surface area contributed by atoms with Gasteiger partial charge in [-0.3, -0.25) is 4.79 Å². The van der Waals surface area contributed by atoms with Gasteiger partial charge in [-0.2, -0.15) is 9.29 Å². The molecule has 4 heterocycles. The van der Waals surface area contributed by atoms with Gasteiger partial charge in [0.1, 0.15) is 0 Å². The second-order valence-corrected chi connectivity index (χ2v) is 11.0. The lowest BCUT2D eigenvalue weighted by Crippen LogP contribution is -2.43. The lowest BCUT2D eigenvalue weighted by atomic mass is 9.97. The van der Waals surface area contributed by atoms with E-state index < -0.39 is 10.0 Å². The number of rotatable bonds is 5. The summed E-state index contributed by atoms with van der Waals surface area (Å²) in [4.78, 5) is 19.1. The molecule has 11 heteroatoms. The van der Waals surface area contributed by atoms with Crippen LogP contribution in [0, 0.1) is 5.92 Å². The minimum atomic E-state index is -3.64. The molecule has 0 atom stereocenters. The van der Waals surface area contributed by atoms with E-state index >= 15 is 0 Å². The minimum absolute atomic E-state index is 0.0841. The van der Waals surface area contributed by atoms with Crippen LogP contribution in [0.1, 0.15) is 25.7 Å². The summed E-state index contributed by atoms with van der Waals surface area (Å²) in [5.74, 6) is 1.10. The summed E-state index contributed by atoms with van der Waals surface area (Å²) in [5, 5.41) is 3.95. The number of likely N-dealkylation sites (tertiary alicyclic amines) is 1. The van der Waals surface area contributed by atoms with Crippen LogP contribution in [0.3, 0.4) is 0 Å². The van der Waals surface area contributed by atoms with Crippen LogP contribution < -0.4 is 0 Å². The molecule has 0 saturated carbocycles. The molecule has 33 heavy (non-hydrogen) atoms. The molecule has 3 aromatic rings. The van der Waals surface area contributed by atoms with E-state index in [1.807, 2.05) is 4.90 Å². The second-order valence-electron chi connectivity index (χ2n) is 8.26. The molecule has 2 aliphatic heterocycles. The molecule has 9 nitrogen and oxygen atoms in total. The highest BCUT2D eigenvalue weighted by Gasteiger charge is 2.34. The summed E-state index contributed by atoms with van der Waals surface area (Å²) in [6.07, 6.45) is 3.23. The zero-order valence-electron chi connectivity index (χ0n) is 17.8. The van der Waals surface area contributed by atoms with E-state index in [1.54, 1.807) is 36.4 Å². The van der Waals surface area contributed by atoms with Crippen molar-refractivity contribution in [2.75, 3.05) is 26.2 Å². The predicted octanol–water partition coefficient (Wildman–Crippen LogP) is 3.78. The number of benzene rings is 1. The molecule has 0 unspecified atom stereocenters. The quantitative estimate of drug-likeness (QED) is 0.489. The largest absolute Gasteiger partial charge is 0.444 e. The van der Waals surface area contributed by atoms with Gasteiger partial charge in [-0.05, 0) is 78.0 Å². The Morgan fingerprint density at radius 1 is 1.00 bits per heavy atom. The summed E-state index contributed by atoms with van der Waals surface area (Å²) >= 11 is 3.23. The van der Waals surface area contributed by atoms with E-state index in [1.165, 1.54) is 4.31 Å². The average Bonchev–Trinajstić information content (AvgIpc) is 3.60. The number of hydrogen-bond acceptors (Lipinski definition) is 7. The Hall–Kier alpha value is -2.50. The molecule has 2 saturated heterocycles. The molecule has 0 bridgehead atoms. The maximum absolute atomic E-state index is 13.1. The summed E-state index contributed by atoms with van der Waals surface area (Å²) in [6.45, 7) is 2.34. The number of furan rings is 1. The van der Waals surface area contributed by atoms with E-state index in [0.29, 0.717) is 47.7 Å². The van der Waals surface area contributed by atoms with Gasteiger partial charge in [0.05, 0.1) is 4.90 Å². The lowest BCUT2D eigenvalue weighted by Gasteiger charge is -2.32. The van der Waals surface area contributed by atoms with Crippen LogP contribution in [-0.2, 0) is 14.8 Å². The van der Waals surface area contributed by atoms with Gasteiger partial charge in [0, 0.05) is 37.7 Å². The zero-order valence-corrected chi connectivity index (χ0v) is 20.2. The topological polar surface area (TPSA) is 110 Å². The molecular formula is C22H23BrN4O5S. The van der Waals surface area contributed by atoms with Gasteiger partial charge in [-0.15, -0.1) is 0 Å². The van der Waals surface area contributed by atoms with Gasteiger partial charge in [-0.25, -0.2) is 8.42 Å². The average molecular weight is 535 g/mol. The van der Waals surface area contributed by atoms with Crippen LogP contribution in [0.4, 0.5) is 0 Å². The number of amides is 1. The molecule has 1 aromatic carbocycles. The fraction of sp³-hybridized carbons (Fsp3) is 0.409. The molecule has 2 aliphatic rings. The van der Waals surface area contributed by atoms with E-state index in [9.17, 15) is 13.2 Å². The third kappa shape index (κ3) is 4.49. The van der Waals surface area contributed by atoms with Crippen molar-refractivity contribution < 1.29 is 22.2 Å². The molecule has 174 valence electrons. The molecule has 5 rings (SSSR count). The third-order valence-corrected chi connectivity index (χ3v) is 8.52. The molecule has 0 radical (unpaired) electrons. The number of piperidine rings is 1.